The van der Waals surface area contributed by atoms with E-state index in [9.17, 15) is 26.4 Å². The monoisotopic (exact) mass is 595 g/mol. The van der Waals surface area contributed by atoms with Crippen LogP contribution in [0.1, 0.15) is 69.3 Å². The molecule has 3 heterocycles. The van der Waals surface area contributed by atoms with E-state index in [2.05, 4.69) is 9.64 Å². The summed E-state index contributed by atoms with van der Waals surface area (Å²) in [4.78, 5) is 15.4. The molecule has 0 N–H and O–H groups in total. The normalized spacial score (nSPS) is 22.2. The molecule has 0 aromatic heterocycles. The smallest absolute Gasteiger partial charge is 0.459 e. The molecule has 4 rings (SSSR count). The Hall–Kier alpha value is -1.99. The molecule has 0 aliphatic carbocycles. The molecule has 226 valence electrons. The van der Waals surface area contributed by atoms with Gasteiger partial charge in [0.1, 0.15) is 17.3 Å². The molecule has 1 aromatic rings. The predicted octanol–water partition coefficient (Wildman–Crippen LogP) is 4.81. The molecule has 40 heavy (non-hydrogen) atoms. The quantitative estimate of drug-likeness (QED) is 0.317. The number of carbonyl (C=O) groups is 1. The van der Waals surface area contributed by atoms with Crippen molar-refractivity contribution in [2.75, 3.05) is 57.0 Å². The van der Waals surface area contributed by atoms with Crippen LogP contribution in [0, 0.1) is 11.6 Å². The second-order valence-corrected chi connectivity index (χ2v) is 13.2. The summed E-state index contributed by atoms with van der Waals surface area (Å²) < 4.78 is 100. The van der Waals surface area contributed by atoms with Gasteiger partial charge in [-0.25, -0.2) is 26.3 Å². The van der Waals surface area contributed by atoms with E-state index in [1.165, 1.54) is 16.4 Å². The second-order valence-electron chi connectivity index (χ2n) is 11.2. The van der Waals surface area contributed by atoms with E-state index in [-0.39, 0.29) is 30.8 Å². The SMILES string of the molecule is CS(=O)(=O)N1CCC([C@H](CCOC(=O)C(F)(F)F)c2cc(F)c(N3CCCCC3)c(F)c2)(N2CCCCC2)CC1. The molecule has 3 aliphatic heterocycles. The van der Waals surface area contributed by atoms with E-state index in [0.29, 0.717) is 39.0 Å². The third kappa shape index (κ3) is 6.89. The zero-order valence-electron chi connectivity index (χ0n) is 22.8. The number of halogens is 5. The van der Waals surface area contributed by atoms with Crippen LogP contribution in [-0.4, -0.2) is 87.4 Å². The molecule has 3 fully saturated rings. The first-order valence-electron chi connectivity index (χ1n) is 14.0. The third-order valence-electron chi connectivity index (χ3n) is 8.68. The highest BCUT2D eigenvalue weighted by atomic mass is 32.2. The Morgan fingerprint density at radius 2 is 1.45 bits per heavy atom. The number of anilines is 1. The third-order valence-corrected chi connectivity index (χ3v) is 9.98. The molecule has 0 amide bonds. The number of piperidine rings is 3. The van der Waals surface area contributed by atoms with Gasteiger partial charge in [0.2, 0.25) is 10.0 Å². The highest BCUT2D eigenvalue weighted by Crippen LogP contribution is 2.46. The first-order valence-corrected chi connectivity index (χ1v) is 15.9. The van der Waals surface area contributed by atoms with Crippen molar-refractivity contribution in [1.82, 2.24) is 9.21 Å². The maximum absolute atomic E-state index is 15.6. The van der Waals surface area contributed by atoms with Crippen molar-refractivity contribution in [3.8, 4) is 0 Å². The first kappa shape index (κ1) is 31.0. The Labute approximate surface area is 232 Å². The van der Waals surface area contributed by atoms with Crippen LogP contribution in [0.25, 0.3) is 0 Å². The minimum absolute atomic E-state index is 0.0981. The van der Waals surface area contributed by atoms with Gasteiger partial charge < -0.3 is 9.64 Å². The van der Waals surface area contributed by atoms with Crippen LogP contribution in [0.4, 0.5) is 27.6 Å². The molecule has 7 nitrogen and oxygen atoms in total. The molecule has 1 aromatic carbocycles. The highest BCUT2D eigenvalue weighted by molar-refractivity contribution is 7.88. The molecule has 3 saturated heterocycles. The van der Waals surface area contributed by atoms with E-state index in [4.69, 9.17) is 0 Å². The minimum atomic E-state index is -5.16. The van der Waals surface area contributed by atoms with Gasteiger partial charge in [-0.1, -0.05) is 6.42 Å². The summed E-state index contributed by atoms with van der Waals surface area (Å²) in [6, 6.07) is 2.52. The maximum atomic E-state index is 15.6. The van der Waals surface area contributed by atoms with Crippen molar-refractivity contribution in [3.63, 3.8) is 0 Å². The number of nitrogens with zero attached hydrogens (tertiary/aromatic N) is 3. The van der Waals surface area contributed by atoms with Gasteiger partial charge in [-0.05, 0) is 82.2 Å². The van der Waals surface area contributed by atoms with Gasteiger partial charge in [0.15, 0.2) is 0 Å². The van der Waals surface area contributed by atoms with Crippen LogP contribution in [0.15, 0.2) is 12.1 Å². The number of likely N-dealkylation sites (tertiary alicyclic amines) is 1. The van der Waals surface area contributed by atoms with Crippen LogP contribution in [-0.2, 0) is 19.6 Å². The molecule has 3 aliphatic rings. The Bertz CT molecular complexity index is 1120. The van der Waals surface area contributed by atoms with Crippen LogP contribution < -0.4 is 4.90 Å². The number of hydrogen-bond acceptors (Lipinski definition) is 6. The molecule has 0 radical (unpaired) electrons. The number of rotatable bonds is 8. The molecule has 1 atom stereocenters. The average molecular weight is 596 g/mol. The van der Waals surface area contributed by atoms with Gasteiger partial charge in [0.25, 0.3) is 0 Å². The van der Waals surface area contributed by atoms with Crippen molar-refractivity contribution in [2.45, 2.75) is 75.4 Å². The molecule has 0 unspecified atom stereocenters. The minimum Gasteiger partial charge on any atom is -0.459 e. The predicted molar refractivity (Wildman–Crippen MR) is 141 cm³/mol. The summed E-state index contributed by atoms with van der Waals surface area (Å²) >= 11 is 0. The number of sulfonamides is 1. The lowest BCUT2D eigenvalue weighted by Gasteiger charge is -2.54. The van der Waals surface area contributed by atoms with Crippen LogP contribution in [0.3, 0.4) is 0 Å². The molecule has 0 saturated carbocycles. The van der Waals surface area contributed by atoms with Crippen LogP contribution >= 0.6 is 0 Å². The van der Waals surface area contributed by atoms with Crippen LogP contribution in [0.5, 0.6) is 0 Å². The summed E-state index contributed by atoms with van der Waals surface area (Å²) in [6.45, 7) is 2.16. The van der Waals surface area contributed by atoms with Gasteiger partial charge >= 0.3 is 12.1 Å². The summed E-state index contributed by atoms with van der Waals surface area (Å²) in [5, 5.41) is 0. The average Bonchev–Trinajstić information content (AvgIpc) is 2.90. The number of alkyl halides is 3. The lowest BCUT2D eigenvalue weighted by atomic mass is 9.70. The lowest BCUT2D eigenvalue weighted by Crippen LogP contribution is -2.60. The van der Waals surface area contributed by atoms with E-state index in [1.807, 2.05) is 0 Å². The number of benzene rings is 1. The first-order chi connectivity index (χ1) is 18.8. The zero-order chi connectivity index (χ0) is 29.1. The van der Waals surface area contributed by atoms with Gasteiger partial charge in [-0.15, -0.1) is 0 Å². The molecule has 13 heteroatoms. The highest BCUT2D eigenvalue weighted by Gasteiger charge is 2.48. The summed E-state index contributed by atoms with van der Waals surface area (Å²) in [5.41, 5.74) is -0.612. The fourth-order valence-corrected chi connectivity index (χ4v) is 7.58. The van der Waals surface area contributed by atoms with Crippen LogP contribution in [0.2, 0.25) is 0 Å². The summed E-state index contributed by atoms with van der Waals surface area (Å²) in [7, 11) is -3.48. The van der Waals surface area contributed by atoms with Gasteiger partial charge in [0.05, 0.1) is 12.9 Å². The summed E-state index contributed by atoms with van der Waals surface area (Å²) in [6.07, 6.45) is 1.92. The van der Waals surface area contributed by atoms with Crippen molar-refractivity contribution >= 4 is 21.7 Å². The lowest BCUT2D eigenvalue weighted by molar-refractivity contribution is -0.200. The Morgan fingerprint density at radius 3 is 1.95 bits per heavy atom. The fourth-order valence-electron chi connectivity index (χ4n) is 6.73. The topological polar surface area (TPSA) is 70.2 Å². The van der Waals surface area contributed by atoms with Crippen molar-refractivity contribution in [3.05, 3.63) is 29.3 Å². The molecular formula is C27H38F5N3O4S. The fraction of sp³-hybridized carbons (Fsp3) is 0.741. The molecular weight excluding hydrogens is 557 g/mol. The van der Waals surface area contributed by atoms with Crippen molar-refractivity contribution < 1.29 is 39.9 Å². The molecule has 0 bridgehead atoms. The largest absolute Gasteiger partial charge is 0.490 e. The van der Waals surface area contributed by atoms with E-state index >= 15 is 8.78 Å². The number of ether oxygens (including phenoxy) is 1. The van der Waals surface area contributed by atoms with Crippen molar-refractivity contribution in [2.24, 2.45) is 0 Å². The van der Waals surface area contributed by atoms with Crippen molar-refractivity contribution in [1.29, 1.82) is 0 Å². The maximum Gasteiger partial charge on any atom is 0.490 e. The van der Waals surface area contributed by atoms with E-state index in [0.717, 1.165) is 44.8 Å². The zero-order valence-corrected chi connectivity index (χ0v) is 23.6. The Morgan fingerprint density at radius 1 is 0.925 bits per heavy atom. The van der Waals surface area contributed by atoms with Gasteiger partial charge in [-0.3, -0.25) is 4.90 Å². The number of esters is 1. The number of carbonyl (C=O) groups excluding carboxylic acids is 1. The Balaban J connectivity index is 1.72. The van der Waals surface area contributed by atoms with E-state index in [1.54, 1.807) is 4.90 Å². The number of hydrogen-bond donors (Lipinski definition) is 0. The Kier molecular flexibility index (Phi) is 9.66. The standard InChI is InChI=1S/C27H38F5N3O4S/c1-40(37,38)35-15-9-26(10-16-35,34-13-6-3-7-14-34)21(8-17-39-25(36)27(30,31)32)20-18-22(28)24(23(29)19-20)33-11-4-2-5-12-33/h18-19,21H,2-17H2,1H3/t21-/m1/s1. The van der Waals surface area contributed by atoms with Gasteiger partial charge in [0, 0.05) is 37.6 Å². The van der Waals surface area contributed by atoms with E-state index < -0.39 is 51.9 Å². The molecule has 0 spiro atoms. The van der Waals surface area contributed by atoms with Gasteiger partial charge in [-0.2, -0.15) is 13.2 Å². The second kappa shape index (κ2) is 12.5. The summed E-state index contributed by atoms with van der Waals surface area (Å²) in [5.74, 6) is -4.50.